The highest BCUT2D eigenvalue weighted by molar-refractivity contribution is 5.97. The number of carbonyl (C=O) groups excluding carboxylic acids is 1. The first-order chi connectivity index (χ1) is 14.5. The van der Waals surface area contributed by atoms with Crippen molar-refractivity contribution in [2.45, 2.75) is 25.4 Å². The lowest BCUT2D eigenvalue weighted by atomic mass is 9.95. The molecule has 8 heteroatoms. The third-order valence-electron chi connectivity index (χ3n) is 5.55. The highest BCUT2D eigenvalue weighted by Crippen LogP contribution is 2.25. The normalized spacial score (nSPS) is 19.3. The Morgan fingerprint density at radius 1 is 1.23 bits per heavy atom. The van der Waals surface area contributed by atoms with Gasteiger partial charge in [-0.2, -0.15) is 5.10 Å². The number of benzene rings is 1. The molecule has 0 bridgehead atoms. The first kappa shape index (κ1) is 18.5. The van der Waals surface area contributed by atoms with E-state index in [9.17, 15) is 9.90 Å². The summed E-state index contributed by atoms with van der Waals surface area (Å²) in [5, 5.41) is 18.0. The Hall–Kier alpha value is -3.52. The van der Waals surface area contributed by atoms with Crippen molar-refractivity contribution in [1.82, 2.24) is 29.6 Å². The molecule has 1 amide bonds. The van der Waals surface area contributed by atoms with Crippen molar-refractivity contribution < 1.29 is 9.90 Å². The maximum atomic E-state index is 12.9. The molecule has 0 radical (unpaired) electrons. The number of nitrogens with one attached hydrogen (secondary N) is 1. The maximum Gasteiger partial charge on any atom is 0.255 e. The largest absolute Gasteiger partial charge is 0.388 e. The van der Waals surface area contributed by atoms with Crippen LogP contribution in [0.2, 0.25) is 0 Å². The van der Waals surface area contributed by atoms with Gasteiger partial charge in [-0.05, 0) is 44.0 Å². The summed E-state index contributed by atoms with van der Waals surface area (Å²) in [6, 6.07) is 11.7. The summed E-state index contributed by atoms with van der Waals surface area (Å²) in [4.78, 5) is 23.4. The number of aliphatic hydroxyl groups is 1. The summed E-state index contributed by atoms with van der Waals surface area (Å²) in [5.41, 5.74) is 2.34. The number of hydrogen-bond donors (Lipinski definition) is 2. The smallest absolute Gasteiger partial charge is 0.255 e. The minimum Gasteiger partial charge on any atom is -0.388 e. The van der Waals surface area contributed by atoms with Gasteiger partial charge in [-0.25, -0.2) is 9.97 Å². The zero-order chi connectivity index (χ0) is 20.7. The van der Waals surface area contributed by atoms with Gasteiger partial charge < -0.3 is 14.6 Å². The van der Waals surface area contributed by atoms with Crippen molar-refractivity contribution in [3.63, 3.8) is 0 Å². The summed E-state index contributed by atoms with van der Waals surface area (Å²) in [6.07, 6.45) is 6.55. The lowest BCUT2D eigenvalue weighted by molar-refractivity contribution is -0.0107. The topological polar surface area (TPSA) is 99.9 Å². The van der Waals surface area contributed by atoms with E-state index in [4.69, 9.17) is 0 Å². The van der Waals surface area contributed by atoms with Gasteiger partial charge in [-0.3, -0.25) is 9.89 Å². The average molecular weight is 402 g/mol. The van der Waals surface area contributed by atoms with E-state index >= 15 is 0 Å². The summed E-state index contributed by atoms with van der Waals surface area (Å²) in [5.74, 6) is 0.607. The number of nitrogens with zero attached hydrogens (tertiary/aromatic N) is 5. The molecule has 1 fully saturated rings. The molecule has 1 atom stereocenters. The second-order valence-corrected chi connectivity index (χ2v) is 8.03. The van der Waals surface area contributed by atoms with E-state index in [0.29, 0.717) is 30.9 Å². The number of carbonyl (C=O) groups is 1. The predicted molar refractivity (Wildman–Crippen MR) is 112 cm³/mol. The van der Waals surface area contributed by atoms with Crippen molar-refractivity contribution >= 4 is 16.9 Å². The first-order valence-corrected chi connectivity index (χ1v) is 9.95. The Morgan fingerprint density at radius 2 is 2.13 bits per heavy atom. The minimum absolute atomic E-state index is 0.0931. The predicted octanol–water partition coefficient (Wildman–Crippen LogP) is 2.80. The van der Waals surface area contributed by atoms with Crippen LogP contribution in [0.4, 0.5) is 0 Å². The van der Waals surface area contributed by atoms with Crippen LogP contribution in [0.5, 0.6) is 0 Å². The third kappa shape index (κ3) is 3.35. The van der Waals surface area contributed by atoms with Gasteiger partial charge in [-0.15, -0.1) is 0 Å². The molecule has 1 saturated heterocycles. The van der Waals surface area contributed by atoms with Crippen LogP contribution in [-0.2, 0) is 0 Å². The molecule has 0 spiro atoms. The molecule has 8 nitrogen and oxygen atoms in total. The molecule has 2 N–H and O–H groups in total. The number of fused-ring (bicyclic) bond motifs is 1. The number of H-pyrrole nitrogens is 1. The molecule has 30 heavy (non-hydrogen) atoms. The van der Waals surface area contributed by atoms with E-state index in [1.807, 2.05) is 47.2 Å². The van der Waals surface area contributed by atoms with E-state index in [2.05, 4.69) is 20.2 Å². The van der Waals surface area contributed by atoms with Crippen molar-refractivity contribution in [2.24, 2.45) is 0 Å². The number of hydrogen-bond acceptors (Lipinski definition) is 5. The van der Waals surface area contributed by atoms with Gasteiger partial charge in [0, 0.05) is 42.1 Å². The lowest BCUT2D eigenvalue weighted by Gasteiger charge is -2.36. The van der Waals surface area contributed by atoms with Crippen molar-refractivity contribution in [3.05, 3.63) is 60.7 Å². The maximum absolute atomic E-state index is 12.9. The zero-order valence-electron chi connectivity index (χ0n) is 16.6. The Balaban J connectivity index is 1.46. The van der Waals surface area contributed by atoms with E-state index in [1.54, 1.807) is 18.0 Å². The fourth-order valence-electron chi connectivity index (χ4n) is 4.07. The zero-order valence-corrected chi connectivity index (χ0v) is 16.6. The summed E-state index contributed by atoms with van der Waals surface area (Å²) >= 11 is 0. The van der Waals surface area contributed by atoms with E-state index in [1.165, 1.54) is 6.33 Å². The number of likely N-dealkylation sites (tertiary alicyclic amines) is 1. The monoisotopic (exact) mass is 402 g/mol. The summed E-state index contributed by atoms with van der Waals surface area (Å²) in [7, 11) is 0. The molecular formula is C22H22N6O2. The van der Waals surface area contributed by atoms with Gasteiger partial charge >= 0.3 is 0 Å². The van der Waals surface area contributed by atoms with Crippen LogP contribution in [-0.4, -0.2) is 59.3 Å². The highest BCUT2D eigenvalue weighted by Gasteiger charge is 2.31. The SMILES string of the molecule is C[C@@]1(O)CCCN(C(=O)c2cnc3c(ccn3-c3cccc(-c4ncn[nH]4)c3)c2)C1. The molecule has 0 unspecified atom stereocenters. The molecule has 5 rings (SSSR count). The standard InChI is InChI=1S/C22H22N6O2/c1-22(30)7-3-8-27(13-22)21(29)17-10-16-6-9-28(20(16)23-12-17)18-5-2-4-15(11-18)19-24-14-25-26-19/h2,4-6,9-12,14,30H,3,7-8,13H2,1H3,(H,24,25,26)/t22-/m1/s1. The Kier molecular flexibility index (Phi) is 4.36. The molecule has 1 aliphatic rings. The van der Waals surface area contributed by atoms with Crippen LogP contribution in [0.25, 0.3) is 28.1 Å². The number of piperidine rings is 1. The van der Waals surface area contributed by atoms with Crippen LogP contribution in [0, 0.1) is 0 Å². The number of rotatable bonds is 3. The van der Waals surface area contributed by atoms with Crippen molar-refractivity contribution in [1.29, 1.82) is 0 Å². The molecule has 1 aromatic carbocycles. The molecule has 3 aromatic heterocycles. The van der Waals surface area contributed by atoms with Gasteiger partial charge in [0.2, 0.25) is 0 Å². The van der Waals surface area contributed by atoms with Gasteiger partial charge in [0.25, 0.3) is 5.91 Å². The molecule has 4 aromatic rings. The van der Waals surface area contributed by atoms with Crippen LogP contribution in [0.15, 0.2) is 55.1 Å². The number of β-amino-alcohol motifs (C(OH)–C–C–N with tert-alkyl or cyclic N) is 1. The quantitative estimate of drug-likeness (QED) is 0.549. The number of aromatic amines is 1. The average Bonchev–Trinajstić information content (AvgIpc) is 3.42. The molecule has 152 valence electrons. The second-order valence-electron chi connectivity index (χ2n) is 8.03. The fraction of sp³-hybridized carbons (Fsp3) is 0.273. The van der Waals surface area contributed by atoms with Crippen molar-refractivity contribution in [3.8, 4) is 17.1 Å². The summed E-state index contributed by atoms with van der Waals surface area (Å²) in [6.45, 7) is 2.78. The van der Waals surface area contributed by atoms with Crippen molar-refractivity contribution in [2.75, 3.05) is 13.1 Å². The molecule has 1 aliphatic heterocycles. The van der Waals surface area contributed by atoms with Gasteiger partial charge in [0.05, 0.1) is 11.2 Å². The Bertz CT molecular complexity index is 1210. The second kappa shape index (κ2) is 7.07. The fourth-order valence-corrected chi connectivity index (χ4v) is 4.07. The molecule has 0 aliphatic carbocycles. The van der Waals surface area contributed by atoms with Crippen LogP contribution in [0.3, 0.4) is 0 Å². The molecule has 4 heterocycles. The van der Waals surface area contributed by atoms with E-state index < -0.39 is 5.60 Å². The van der Waals surface area contributed by atoms with Crippen LogP contribution in [0.1, 0.15) is 30.1 Å². The highest BCUT2D eigenvalue weighted by atomic mass is 16.3. The molecular weight excluding hydrogens is 380 g/mol. The van der Waals surface area contributed by atoms with Gasteiger partial charge in [-0.1, -0.05) is 12.1 Å². The van der Waals surface area contributed by atoms with Gasteiger partial charge in [0.15, 0.2) is 5.82 Å². The van der Waals surface area contributed by atoms with Crippen LogP contribution < -0.4 is 0 Å². The third-order valence-corrected chi connectivity index (χ3v) is 5.55. The van der Waals surface area contributed by atoms with E-state index in [0.717, 1.165) is 28.7 Å². The van der Waals surface area contributed by atoms with E-state index in [-0.39, 0.29) is 5.91 Å². The molecule has 0 saturated carbocycles. The van der Waals surface area contributed by atoms with Crippen LogP contribution >= 0.6 is 0 Å². The summed E-state index contributed by atoms with van der Waals surface area (Å²) < 4.78 is 1.98. The van der Waals surface area contributed by atoms with Gasteiger partial charge in [0.1, 0.15) is 12.0 Å². The Morgan fingerprint density at radius 3 is 2.93 bits per heavy atom. The number of amides is 1. The number of aromatic nitrogens is 5. The number of pyridine rings is 1. The Labute approximate surface area is 173 Å². The lowest BCUT2D eigenvalue weighted by Crippen LogP contribution is -2.48. The minimum atomic E-state index is -0.830. The first-order valence-electron chi connectivity index (χ1n) is 9.95.